The lowest BCUT2D eigenvalue weighted by molar-refractivity contribution is 0.0226. The Hall–Kier alpha value is -0.240. The lowest BCUT2D eigenvalue weighted by Gasteiger charge is -2.28. The molecule has 0 heterocycles. The molecule has 0 spiro atoms. The van der Waals surface area contributed by atoms with Gasteiger partial charge in [0, 0.05) is 16.5 Å². The van der Waals surface area contributed by atoms with Gasteiger partial charge in [-0.05, 0) is 48.8 Å². The van der Waals surface area contributed by atoms with Crippen LogP contribution >= 0.6 is 23.2 Å². The highest BCUT2D eigenvalue weighted by Crippen LogP contribution is 2.40. The Morgan fingerprint density at radius 3 is 2.53 bits per heavy atom. The zero-order chi connectivity index (χ0) is 14.1. The van der Waals surface area contributed by atoms with Crippen molar-refractivity contribution in [3.8, 4) is 0 Å². The summed E-state index contributed by atoms with van der Waals surface area (Å²) in [7, 11) is 0. The van der Waals surface area contributed by atoms with E-state index in [0.29, 0.717) is 21.9 Å². The standard InChI is InChI=1S/C16H22Cl2O/c1-15(2)6-3-7-16(19,9-8-15)11-12-4-5-13(17)10-14(12)18/h4-5,10,19H,3,6-9,11H2,1-2H3. The summed E-state index contributed by atoms with van der Waals surface area (Å²) >= 11 is 12.1. The summed E-state index contributed by atoms with van der Waals surface area (Å²) < 4.78 is 0. The molecule has 1 aliphatic rings. The normalized spacial score (nSPS) is 27.0. The predicted molar refractivity (Wildman–Crippen MR) is 82.0 cm³/mol. The van der Waals surface area contributed by atoms with Gasteiger partial charge >= 0.3 is 0 Å². The van der Waals surface area contributed by atoms with E-state index in [4.69, 9.17) is 23.2 Å². The highest BCUT2D eigenvalue weighted by atomic mass is 35.5. The fourth-order valence-corrected chi connectivity index (χ4v) is 3.39. The van der Waals surface area contributed by atoms with Crippen molar-refractivity contribution in [1.82, 2.24) is 0 Å². The van der Waals surface area contributed by atoms with E-state index >= 15 is 0 Å². The van der Waals surface area contributed by atoms with Gasteiger partial charge in [-0.2, -0.15) is 0 Å². The van der Waals surface area contributed by atoms with E-state index < -0.39 is 5.60 Å². The Morgan fingerprint density at radius 2 is 1.84 bits per heavy atom. The smallest absolute Gasteiger partial charge is 0.0688 e. The van der Waals surface area contributed by atoms with Gasteiger partial charge in [-0.15, -0.1) is 0 Å². The van der Waals surface area contributed by atoms with Crippen molar-refractivity contribution in [2.75, 3.05) is 0 Å². The minimum absolute atomic E-state index is 0.342. The summed E-state index contributed by atoms with van der Waals surface area (Å²) in [5, 5.41) is 12.1. The van der Waals surface area contributed by atoms with Gasteiger partial charge in [0.05, 0.1) is 5.60 Å². The predicted octanol–water partition coefficient (Wildman–Crippen LogP) is 5.26. The average molecular weight is 301 g/mol. The molecule has 2 rings (SSSR count). The van der Waals surface area contributed by atoms with Gasteiger partial charge in [0.25, 0.3) is 0 Å². The highest BCUT2D eigenvalue weighted by Gasteiger charge is 2.34. The fraction of sp³-hybridized carbons (Fsp3) is 0.625. The second kappa shape index (κ2) is 5.63. The molecule has 3 heteroatoms. The maximum atomic E-state index is 10.8. The minimum Gasteiger partial charge on any atom is -0.390 e. The van der Waals surface area contributed by atoms with Crippen LogP contribution in [0.25, 0.3) is 0 Å². The fourth-order valence-electron chi connectivity index (χ4n) is 2.91. The maximum Gasteiger partial charge on any atom is 0.0688 e. The van der Waals surface area contributed by atoms with Gasteiger partial charge in [-0.3, -0.25) is 0 Å². The van der Waals surface area contributed by atoms with E-state index in [2.05, 4.69) is 13.8 Å². The molecule has 0 bridgehead atoms. The third kappa shape index (κ3) is 4.11. The van der Waals surface area contributed by atoms with Gasteiger partial charge in [0.15, 0.2) is 0 Å². The van der Waals surface area contributed by atoms with Crippen LogP contribution in [0.5, 0.6) is 0 Å². The van der Waals surface area contributed by atoms with E-state index in [1.54, 1.807) is 6.07 Å². The molecule has 0 aromatic heterocycles. The molecule has 106 valence electrons. The third-order valence-electron chi connectivity index (χ3n) is 4.30. The number of aliphatic hydroxyl groups is 1. The van der Waals surface area contributed by atoms with Crippen LogP contribution in [-0.4, -0.2) is 10.7 Å². The molecule has 1 saturated carbocycles. The molecule has 1 nitrogen and oxygen atoms in total. The molecular formula is C16H22Cl2O. The van der Waals surface area contributed by atoms with E-state index in [0.717, 1.165) is 31.2 Å². The first-order chi connectivity index (χ1) is 8.80. The topological polar surface area (TPSA) is 20.2 Å². The Kier molecular flexibility index (Phi) is 4.49. The molecular weight excluding hydrogens is 279 g/mol. The second-order valence-electron chi connectivity index (χ2n) is 6.65. The molecule has 1 atom stereocenters. The molecule has 1 aromatic carbocycles. The van der Waals surface area contributed by atoms with Crippen LogP contribution in [0.2, 0.25) is 10.0 Å². The van der Waals surface area contributed by atoms with E-state index in [-0.39, 0.29) is 0 Å². The van der Waals surface area contributed by atoms with E-state index in [1.165, 1.54) is 6.42 Å². The highest BCUT2D eigenvalue weighted by molar-refractivity contribution is 6.35. The van der Waals surface area contributed by atoms with E-state index in [9.17, 15) is 5.11 Å². The second-order valence-corrected chi connectivity index (χ2v) is 7.50. The van der Waals surface area contributed by atoms with Crippen molar-refractivity contribution in [2.45, 2.75) is 58.0 Å². The van der Waals surface area contributed by atoms with Crippen molar-refractivity contribution in [3.63, 3.8) is 0 Å². The first-order valence-corrected chi connectivity index (χ1v) is 7.72. The van der Waals surface area contributed by atoms with Crippen molar-refractivity contribution >= 4 is 23.2 Å². The third-order valence-corrected chi connectivity index (χ3v) is 4.88. The summed E-state index contributed by atoms with van der Waals surface area (Å²) in [6, 6.07) is 5.52. The molecule has 1 aromatic rings. The Bertz CT molecular complexity index is 456. The summed E-state index contributed by atoms with van der Waals surface area (Å²) in [6.45, 7) is 4.57. The zero-order valence-corrected chi connectivity index (χ0v) is 13.2. The van der Waals surface area contributed by atoms with Crippen LogP contribution in [-0.2, 0) is 6.42 Å². The average Bonchev–Trinajstić information content (AvgIpc) is 2.43. The van der Waals surface area contributed by atoms with Crippen LogP contribution in [0.15, 0.2) is 18.2 Å². The van der Waals surface area contributed by atoms with Gasteiger partial charge < -0.3 is 5.11 Å². The van der Waals surface area contributed by atoms with Gasteiger partial charge in [0.1, 0.15) is 0 Å². The van der Waals surface area contributed by atoms with Crippen molar-refractivity contribution in [1.29, 1.82) is 0 Å². The lowest BCUT2D eigenvalue weighted by Crippen LogP contribution is -2.31. The molecule has 0 radical (unpaired) electrons. The molecule has 1 unspecified atom stereocenters. The Morgan fingerprint density at radius 1 is 1.11 bits per heavy atom. The summed E-state index contributed by atoms with van der Waals surface area (Å²) in [4.78, 5) is 0. The first kappa shape index (κ1) is 15.2. The van der Waals surface area contributed by atoms with Crippen molar-refractivity contribution in [2.24, 2.45) is 5.41 Å². The Balaban J connectivity index is 2.12. The number of benzene rings is 1. The summed E-state index contributed by atoms with van der Waals surface area (Å²) in [5.41, 5.74) is 0.716. The van der Waals surface area contributed by atoms with Crippen molar-refractivity contribution in [3.05, 3.63) is 33.8 Å². The largest absolute Gasteiger partial charge is 0.390 e. The molecule has 1 fully saturated rings. The molecule has 19 heavy (non-hydrogen) atoms. The number of rotatable bonds is 2. The van der Waals surface area contributed by atoms with Gasteiger partial charge in [-0.1, -0.05) is 49.5 Å². The lowest BCUT2D eigenvalue weighted by atomic mass is 9.83. The van der Waals surface area contributed by atoms with Crippen molar-refractivity contribution < 1.29 is 5.11 Å². The minimum atomic E-state index is -0.620. The number of hydrogen-bond donors (Lipinski definition) is 1. The molecule has 1 N–H and O–H groups in total. The molecule has 0 saturated heterocycles. The van der Waals surface area contributed by atoms with Crippen LogP contribution in [0.3, 0.4) is 0 Å². The molecule has 0 amide bonds. The van der Waals surface area contributed by atoms with Gasteiger partial charge in [0.2, 0.25) is 0 Å². The van der Waals surface area contributed by atoms with Crippen LogP contribution < -0.4 is 0 Å². The zero-order valence-electron chi connectivity index (χ0n) is 11.7. The quantitative estimate of drug-likeness (QED) is 0.739. The Labute approximate surface area is 125 Å². The van der Waals surface area contributed by atoms with Gasteiger partial charge in [-0.25, -0.2) is 0 Å². The van der Waals surface area contributed by atoms with Crippen LogP contribution in [0.1, 0.15) is 51.5 Å². The molecule has 1 aliphatic carbocycles. The first-order valence-electron chi connectivity index (χ1n) is 6.96. The number of hydrogen-bond acceptors (Lipinski definition) is 1. The maximum absolute atomic E-state index is 10.8. The SMILES string of the molecule is CC1(C)CCCC(O)(Cc2ccc(Cl)cc2Cl)CC1. The van der Waals surface area contributed by atoms with E-state index in [1.807, 2.05) is 12.1 Å². The summed E-state index contributed by atoms with van der Waals surface area (Å²) in [5.74, 6) is 0. The summed E-state index contributed by atoms with van der Waals surface area (Å²) in [6.07, 6.45) is 5.65. The van der Waals surface area contributed by atoms with Crippen LogP contribution in [0.4, 0.5) is 0 Å². The molecule has 0 aliphatic heterocycles. The monoisotopic (exact) mass is 300 g/mol. The van der Waals surface area contributed by atoms with Crippen LogP contribution in [0, 0.1) is 5.41 Å². The number of halogens is 2.